The van der Waals surface area contributed by atoms with E-state index in [0.29, 0.717) is 22.6 Å². The second-order valence-electron chi connectivity index (χ2n) is 8.08. The molecule has 0 aliphatic heterocycles. The summed E-state index contributed by atoms with van der Waals surface area (Å²) >= 11 is 3.00. The molecule has 12 nitrogen and oxygen atoms in total. The summed E-state index contributed by atoms with van der Waals surface area (Å²) in [6.45, 7) is 5.41. The van der Waals surface area contributed by atoms with Crippen LogP contribution in [0.15, 0.2) is 41.8 Å². The van der Waals surface area contributed by atoms with Gasteiger partial charge in [-0.05, 0) is 35.0 Å². The molecule has 3 rings (SSSR count). The first kappa shape index (κ1) is 27.0. The van der Waals surface area contributed by atoms with E-state index in [2.05, 4.69) is 48.8 Å². The quantitative estimate of drug-likeness (QED) is 0.197. The van der Waals surface area contributed by atoms with Gasteiger partial charge in [-0.2, -0.15) is 5.26 Å². The van der Waals surface area contributed by atoms with Gasteiger partial charge in [0, 0.05) is 44.8 Å². The van der Waals surface area contributed by atoms with E-state index in [1.165, 1.54) is 18.3 Å². The third kappa shape index (κ3) is 6.36. The molecule has 3 aromatic rings. The maximum atomic E-state index is 12.9. The van der Waals surface area contributed by atoms with Gasteiger partial charge in [0.2, 0.25) is 0 Å². The first-order chi connectivity index (χ1) is 17.5. The number of carbonyl (C=O) groups is 4. The van der Waals surface area contributed by atoms with Crippen molar-refractivity contribution >= 4 is 56.6 Å². The van der Waals surface area contributed by atoms with Gasteiger partial charge in [0.25, 0.3) is 23.6 Å². The average molecular weight is 569 g/mol. The summed E-state index contributed by atoms with van der Waals surface area (Å²) in [4.78, 5) is 52.6. The summed E-state index contributed by atoms with van der Waals surface area (Å²) < 4.78 is 3.27. The molecule has 3 aromatic heterocycles. The molecule has 0 unspecified atom stereocenters. The van der Waals surface area contributed by atoms with E-state index in [0.717, 1.165) is 0 Å². The molecule has 13 heteroatoms. The Hall–Kier alpha value is -4.57. The zero-order chi connectivity index (χ0) is 27.3. The number of aromatic nitrogens is 3. The minimum atomic E-state index is -0.444. The van der Waals surface area contributed by atoms with E-state index in [1.807, 2.05) is 6.07 Å². The molecule has 0 aromatic carbocycles. The number of hydrogen-bond acceptors (Lipinski definition) is 5. The Morgan fingerprint density at radius 1 is 1.00 bits per heavy atom. The SMILES string of the molecule is C=C(Br)C(=O)Nc1cc(C(=O)Nc2cc(C(=O)Nc3c[nH]c(C(=O)NCCC#N)c3C)n(C)c2)n(C)c1. The molecule has 5 N–H and O–H groups in total. The van der Waals surface area contributed by atoms with Crippen LogP contribution in [-0.2, 0) is 18.9 Å². The normalized spacial score (nSPS) is 10.4. The first-order valence-electron chi connectivity index (χ1n) is 11.0. The van der Waals surface area contributed by atoms with E-state index in [-0.39, 0.29) is 40.4 Å². The molecule has 0 radical (unpaired) electrons. The van der Waals surface area contributed by atoms with Crippen LogP contribution in [0.25, 0.3) is 0 Å². The molecule has 0 spiro atoms. The number of nitrogens with one attached hydrogen (secondary N) is 5. The maximum absolute atomic E-state index is 12.9. The molecule has 0 saturated carbocycles. The number of aromatic amines is 1. The Balaban J connectivity index is 1.68. The number of amides is 4. The summed E-state index contributed by atoms with van der Waals surface area (Å²) in [5.41, 5.74) is 2.62. The van der Waals surface area contributed by atoms with Gasteiger partial charge < -0.3 is 35.4 Å². The summed E-state index contributed by atoms with van der Waals surface area (Å²) in [6, 6.07) is 4.99. The minimum absolute atomic E-state index is 0.155. The smallest absolute Gasteiger partial charge is 0.272 e. The lowest BCUT2D eigenvalue weighted by Gasteiger charge is -2.06. The molecule has 0 aliphatic carbocycles. The summed E-state index contributed by atoms with van der Waals surface area (Å²) in [5.74, 6) is -1.69. The third-order valence-electron chi connectivity index (χ3n) is 5.37. The third-order valence-corrected chi connectivity index (χ3v) is 5.73. The number of hydrogen-bond donors (Lipinski definition) is 5. The van der Waals surface area contributed by atoms with Gasteiger partial charge in [0.05, 0.1) is 34.0 Å². The fourth-order valence-corrected chi connectivity index (χ4v) is 3.58. The highest BCUT2D eigenvalue weighted by molar-refractivity contribution is 9.12. The van der Waals surface area contributed by atoms with Crippen LogP contribution in [0.4, 0.5) is 17.1 Å². The summed E-state index contributed by atoms with van der Waals surface area (Å²) in [6.07, 6.45) is 4.88. The zero-order valence-electron chi connectivity index (χ0n) is 20.4. The number of H-pyrrole nitrogens is 1. The number of carbonyl (C=O) groups excluding carboxylic acids is 4. The zero-order valence-corrected chi connectivity index (χ0v) is 21.9. The fraction of sp³-hybridized carbons (Fsp3) is 0.208. The van der Waals surface area contributed by atoms with Crippen LogP contribution < -0.4 is 21.3 Å². The Morgan fingerprint density at radius 2 is 1.57 bits per heavy atom. The summed E-state index contributed by atoms with van der Waals surface area (Å²) in [7, 11) is 3.32. The lowest BCUT2D eigenvalue weighted by molar-refractivity contribution is -0.112. The molecule has 0 atom stereocenters. The standard InChI is InChI=1S/C24H25BrN8O4/c1-13-17(10-28-20(13)24(37)27-7-5-6-26)31-23(36)19-9-16(12-33(19)4)30-22(35)18-8-15(11-32(18)3)29-21(34)14(2)25/h8-12,28H,2,5,7H2,1,3-4H3,(H,27,37)(H,29,34)(H,30,35)(H,31,36). The van der Waals surface area contributed by atoms with Gasteiger partial charge in [-0.1, -0.05) is 6.58 Å². The highest BCUT2D eigenvalue weighted by Gasteiger charge is 2.20. The van der Waals surface area contributed by atoms with Gasteiger partial charge in [-0.15, -0.1) is 0 Å². The first-order valence-corrected chi connectivity index (χ1v) is 11.8. The number of aryl methyl sites for hydroxylation is 2. The average Bonchev–Trinajstić information content (AvgIpc) is 3.50. The van der Waals surface area contributed by atoms with Gasteiger partial charge in [0.15, 0.2) is 0 Å². The van der Waals surface area contributed by atoms with Crippen molar-refractivity contribution in [3.8, 4) is 6.07 Å². The lowest BCUT2D eigenvalue weighted by Crippen LogP contribution is -2.25. The van der Waals surface area contributed by atoms with Crippen molar-refractivity contribution in [1.29, 1.82) is 5.26 Å². The van der Waals surface area contributed by atoms with Crippen molar-refractivity contribution in [1.82, 2.24) is 19.4 Å². The van der Waals surface area contributed by atoms with Crippen LogP contribution in [-0.4, -0.2) is 44.3 Å². The van der Waals surface area contributed by atoms with Gasteiger partial charge in [-0.25, -0.2) is 0 Å². The predicted octanol–water partition coefficient (Wildman–Crippen LogP) is 3.00. The molecule has 0 aliphatic rings. The molecule has 0 saturated heterocycles. The maximum Gasteiger partial charge on any atom is 0.272 e. The van der Waals surface area contributed by atoms with Crippen LogP contribution >= 0.6 is 15.9 Å². The van der Waals surface area contributed by atoms with Gasteiger partial charge in [-0.3, -0.25) is 19.2 Å². The van der Waals surface area contributed by atoms with Crippen molar-refractivity contribution in [3.63, 3.8) is 0 Å². The molecule has 4 amide bonds. The highest BCUT2D eigenvalue weighted by atomic mass is 79.9. The number of nitriles is 1. The van der Waals surface area contributed by atoms with Gasteiger partial charge in [0.1, 0.15) is 17.1 Å². The monoisotopic (exact) mass is 568 g/mol. The fourth-order valence-electron chi connectivity index (χ4n) is 3.48. The van der Waals surface area contributed by atoms with E-state index in [1.54, 1.807) is 42.5 Å². The molecule has 192 valence electrons. The highest BCUT2D eigenvalue weighted by Crippen LogP contribution is 2.22. The van der Waals surface area contributed by atoms with Crippen LogP contribution in [0, 0.1) is 18.3 Å². The second kappa shape index (κ2) is 11.4. The Kier molecular flexibility index (Phi) is 8.36. The number of nitrogens with zero attached hydrogens (tertiary/aromatic N) is 3. The lowest BCUT2D eigenvalue weighted by atomic mass is 10.2. The van der Waals surface area contributed by atoms with E-state index in [4.69, 9.17) is 5.26 Å². The molecular weight excluding hydrogens is 544 g/mol. The van der Waals surface area contributed by atoms with Crippen molar-refractivity contribution in [2.75, 3.05) is 22.5 Å². The van der Waals surface area contributed by atoms with Crippen LogP contribution in [0.3, 0.4) is 0 Å². The second-order valence-corrected chi connectivity index (χ2v) is 9.04. The molecular formula is C24H25BrN8O4. The topological polar surface area (TPSA) is 166 Å². The molecule has 37 heavy (non-hydrogen) atoms. The van der Waals surface area contributed by atoms with Crippen molar-refractivity contribution in [2.45, 2.75) is 13.3 Å². The molecule has 0 bridgehead atoms. The number of anilines is 3. The van der Waals surface area contributed by atoms with Crippen molar-refractivity contribution < 1.29 is 19.2 Å². The molecule has 0 fully saturated rings. The largest absolute Gasteiger partial charge is 0.355 e. The number of rotatable bonds is 9. The summed E-state index contributed by atoms with van der Waals surface area (Å²) in [5, 5.41) is 19.3. The van der Waals surface area contributed by atoms with Gasteiger partial charge >= 0.3 is 0 Å². The van der Waals surface area contributed by atoms with Crippen molar-refractivity contribution in [2.24, 2.45) is 14.1 Å². The van der Waals surface area contributed by atoms with Crippen LogP contribution in [0.2, 0.25) is 0 Å². The van der Waals surface area contributed by atoms with Crippen LogP contribution in [0.5, 0.6) is 0 Å². The van der Waals surface area contributed by atoms with Crippen LogP contribution in [0.1, 0.15) is 43.4 Å². The van der Waals surface area contributed by atoms with E-state index in [9.17, 15) is 19.2 Å². The Bertz CT molecular complexity index is 1440. The molecule has 3 heterocycles. The predicted molar refractivity (Wildman–Crippen MR) is 142 cm³/mol. The Labute approximate surface area is 220 Å². The Morgan fingerprint density at radius 3 is 2.14 bits per heavy atom. The number of halogens is 1. The van der Waals surface area contributed by atoms with E-state index < -0.39 is 17.7 Å². The van der Waals surface area contributed by atoms with Crippen molar-refractivity contribution in [3.05, 3.63) is 64.4 Å². The minimum Gasteiger partial charge on any atom is -0.355 e. The van der Waals surface area contributed by atoms with E-state index >= 15 is 0 Å².